The lowest BCUT2D eigenvalue weighted by molar-refractivity contribution is -0.274. The highest BCUT2D eigenvalue weighted by atomic mass is 32.2. The Kier molecular flexibility index (Phi) is 5.98. The molecule has 0 heterocycles. The fourth-order valence-corrected chi connectivity index (χ4v) is 3.31. The van der Waals surface area contributed by atoms with Crippen molar-refractivity contribution in [3.8, 4) is 17.2 Å². The fraction of sp³-hybridized carbons (Fsp3) is 0.250. The summed E-state index contributed by atoms with van der Waals surface area (Å²) in [4.78, 5) is -0.200. The van der Waals surface area contributed by atoms with E-state index < -0.39 is 28.7 Å². The molecule has 0 aliphatic carbocycles. The zero-order valence-corrected chi connectivity index (χ0v) is 14.6. The summed E-state index contributed by atoms with van der Waals surface area (Å²) in [6, 6.07) is 9.43. The van der Waals surface area contributed by atoms with E-state index in [1.807, 2.05) is 0 Å². The number of hydrogen-bond donors (Lipinski definition) is 1. The van der Waals surface area contributed by atoms with Crippen molar-refractivity contribution >= 4 is 10.0 Å². The molecule has 0 saturated heterocycles. The number of methoxy groups -OCH3 is 2. The predicted molar refractivity (Wildman–Crippen MR) is 86.7 cm³/mol. The monoisotopic (exact) mass is 391 g/mol. The molecule has 10 heteroatoms. The molecule has 0 saturated carbocycles. The molecule has 0 aromatic heterocycles. The van der Waals surface area contributed by atoms with E-state index in [1.165, 1.54) is 50.6 Å². The first kappa shape index (κ1) is 19.9. The Balaban J connectivity index is 2.27. The molecule has 0 bridgehead atoms. The number of para-hydroxylation sites is 1. The van der Waals surface area contributed by atoms with Crippen molar-refractivity contribution in [3.05, 3.63) is 48.0 Å². The number of benzene rings is 2. The molecule has 0 amide bonds. The van der Waals surface area contributed by atoms with Gasteiger partial charge < -0.3 is 14.2 Å². The number of rotatable bonds is 7. The first-order valence-corrected chi connectivity index (χ1v) is 8.70. The van der Waals surface area contributed by atoms with Gasteiger partial charge in [-0.05, 0) is 18.2 Å². The van der Waals surface area contributed by atoms with Gasteiger partial charge in [0.2, 0.25) is 10.0 Å². The fourth-order valence-electron chi connectivity index (χ4n) is 2.12. The summed E-state index contributed by atoms with van der Waals surface area (Å²) in [5.41, 5.74) is 0.0234. The molecular formula is C16H16F3NO5S. The van der Waals surface area contributed by atoms with Crippen LogP contribution in [0.25, 0.3) is 0 Å². The molecule has 142 valence electrons. The summed E-state index contributed by atoms with van der Waals surface area (Å²) < 4.78 is 78.6. The normalized spacial score (nSPS) is 11.9. The van der Waals surface area contributed by atoms with Crippen LogP contribution >= 0.6 is 0 Å². The van der Waals surface area contributed by atoms with Crippen molar-refractivity contribution in [1.29, 1.82) is 0 Å². The number of sulfonamides is 1. The minimum Gasteiger partial charge on any atom is -0.497 e. The largest absolute Gasteiger partial charge is 0.573 e. The van der Waals surface area contributed by atoms with Crippen LogP contribution in [0.1, 0.15) is 5.56 Å². The Bertz CT molecular complexity index is 868. The van der Waals surface area contributed by atoms with E-state index in [9.17, 15) is 21.6 Å². The Morgan fingerprint density at radius 1 is 1.00 bits per heavy atom. The van der Waals surface area contributed by atoms with Gasteiger partial charge >= 0.3 is 6.36 Å². The molecule has 0 unspecified atom stereocenters. The van der Waals surface area contributed by atoms with Gasteiger partial charge in [0.15, 0.2) is 0 Å². The van der Waals surface area contributed by atoms with Gasteiger partial charge in [0.1, 0.15) is 22.1 Å². The Morgan fingerprint density at radius 2 is 1.69 bits per heavy atom. The standard InChI is InChI=1S/C16H16F3NO5S/c1-23-12-7-8-14(24-2)15(9-12)26(21,22)20-10-11-5-3-4-6-13(11)25-16(17,18)19/h3-9,20H,10H2,1-2H3. The maximum absolute atomic E-state index is 12.5. The number of hydrogen-bond acceptors (Lipinski definition) is 5. The second-order valence-corrected chi connectivity index (χ2v) is 6.73. The number of alkyl halides is 3. The van der Waals surface area contributed by atoms with Crippen LogP contribution in [0.4, 0.5) is 13.2 Å². The van der Waals surface area contributed by atoms with E-state index in [0.29, 0.717) is 0 Å². The first-order valence-electron chi connectivity index (χ1n) is 7.21. The van der Waals surface area contributed by atoms with Gasteiger partial charge in [-0.2, -0.15) is 0 Å². The van der Waals surface area contributed by atoms with Crippen LogP contribution in [-0.4, -0.2) is 29.0 Å². The molecule has 0 fully saturated rings. The summed E-state index contributed by atoms with van der Waals surface area (Å²) in [6.07, 6.45) is -4.88. The van der Waals surface area contributed by atoms with Crippen molar-refractivity contribution in [1.82, 2.24) is 4.72 Å². The van der Waals surface area contributed by atoms with Gasteiger partial charge in [-0.1, -0.05) is 18.2 Å². The lowest BCUT2D eigenvalue weighted by Gasteiger charge is -2.15. The van der Waals surface area contributed by atoms with Crippen molar-refractivity contribution < 1.29 is 35.8 Å². The highest BCUT2D eigenvalue weighted by Gasteiger charge is 2.32. The van der Waals surface area contributed by atoms with Crippen LogP contribution in [0.5, 0.6) is 17.2 Å². The smallest absolute Gasteiger partial charge is 0.497 e. The average Bonchev–Trinajstić information content (AvgIpc) is 2.59. The van der Waals surface area contributed by atoms with Gasteiger partial charge in [0.05, 0.1) is 14.2 Å². The minimum atomic E-state index is -4.88. The molecule has 26 heavy (non-hydrogen) atoms. The van der Waals surface area contributed by atoms with Crippen molar-refractivity contribution in [2.45, 2.75) is 17.8 Å². The van der Waals surface area contributed by atoms with Crippen LogP contribution in [-0.2, 0) is 16.6 Å². The van der Waals surface area contributed by atoms with Crippen LogP contribution < -0.4 is 18.9 Å². The third kappa shape index (κ3) is 5.02. The summed E-state index contributed by atoms with van der Waals surface area (Å²) in [6.45, 7) is -0.408. The van der Waals surface area contributed by atoms with Crippen LogP contribution in [0.15, 0.2) is 47.4 Å². The predicted octanol–water partition coefficient (Wildman–Crippen LogP) is 3.08. The van der Waals surface area contributed by atoms with Crippen molar-refractivity contribution in [3.63, 3.8) is 0 Å². The first-order chi connectivity index (χ1) is 12.2. The highest BCUT2D eigenvalue weighted by Crippen LogP contribution is 2.29. The maximum Gasteiger partial charge on any atom is 0.573 e. The van der Waals surface area contributed by atoms with E-state index in [1.54, 1.807) is 0 Å². The van der Waals surface area contributed by atoms with Gasteiger partial charge in [0, 0.05) is 18.2 Å². The lowest BCUT2D eigenvalue weighted by Crippen LogP contribution is -2.25. The lowest BCUT2D eigenvalue weighted by atomic mass is 10.2. The van der Waals surface area contributed by atoms with Gasteiger partial charge in [0.25, 0.3) is 0 Å². The molecular weight excluding hydrogens is 375 g/mol. The van der Waals surface area contributed by atoms with Crippen molar-refractivity contribution in [2.75, 3.05) is 14.2 Å². The van der Waals surface area contributed by atoms with E-state index in [0.717, 1.165) is 6.07 Å². The Labute approximate surface area is 148 Å². The second kappa shape index (κ2) is 7.83. The van der Waals surface area contributed by atoms with E-state index in [-0.39, 0.29) is 22.0 Å². The molecule has 0 spiro atoms. The summed E-state index contributed by atoms with van der Waals surface area (Å²) in [5.74, 6) is -0.134. The third-order valence-corrected chi connectivity index (χ3v) is 4.73. The molecule has 0 atom stereocenters. The zero-order chi connectivity index (χ0) is 19.4. The molecule has 1 N–H and O–H groups in total. The van der Waals surface area contributed by atoms with Crippen molar-refractivity contribution in [2.24, 2.45) is 0 Å². The Hall–Kier alpha value is -2.46. The van der Waals surface area contributed by atoms with E-state index >= 15 is 0 Å². The molecule has 0 aliphatic rings. The number of ether oxygens (including phenoxy) is 3. The average molecular weight is 391 g/mol. The second-order valence-electron chi connectivity index (χ2n) is 5.00. The SMILES string of the molecule is COc1ccc(OC)c(S(=O)(=O)NCc2ccccc2OC(F)(F)F)c1. The number of halogens is 3. The minimum absolute atomic E-state index is 0.0234. The highest BCUT2D eigenvalue weighted by molar-refractivity contribution is 7.89. The summed E-state index contributed by atoms with van der Waals surface area (Å²) in [7, 11) is -1.42. The molecule has 0 radical (unpaired) electrons. The van der Waals surface area contributed by atoms with Gasteiger partial charge in [-0.3, -0.25) is 0 Å². The van der Waals surface area contributed by atoms with E-state index in [2.05, 4.69) is 9.46 Å². The van der Waals surface area contributed by atoms with Crippen LogP contribution in [0.2, 0.25) is 0 Å². The zero-order valence-electron chi connectivity index (χ0n) is 13.8. The molecule has 2 rings (SSSR count). The van der Waals surface area contributed by atoms with Crippen LogP contribution in [0.3, 0.4) is 0 Å². The van der Waals surface area contributed by atoms with Crippen LogP contribution in [0, 0.1) is 0 Å². The third-order valence-electron chi connectivity index (χ3n) is 3.31. The summed E-state index contributed by atoms with van der Waals surface area (Å²) >= 11 is 0. The molecule has 2 aromatic rings. The molecule has 2 aromatic carbocycles. The summed E-state index contributed by atoms with van der Waals surface area (Å²) in [5, 5.41) is 0. The van der Waals surface area contributed by atoms with E-state index in [4.69, 9.17) is 9.47 Å². The quantitative estimate of drug-likeness (QED) is 0.785. The Morgan fingerprint density at radius 3 is 2.31 bits per heavy atom. The molecule has 0 aliphatic heterocycles. The van der Waals surface area contributed by atoms with Gasteiger partial charge in [-0.25, -0.2) is 13.1 Å². The molecule has 6 nitrogen and oxygen atoms in total. The topological polar surface area (TPSA) is 73.9 Å². The maximum atomic E-state index is 12.5. The van der Waals surface area contributed by atoms with Gasteiger partial charge in [-0.15, -0.1) is 13.2 Å². The number of nitrogens with one attached hydrogen (secondary N) is 1.